The van der Waals surface area contributed by atoms with E-state index in [1.54, 1.807) is 4.90 Å². The minimum Gasteiger partial charge on any atom is -0.396 e. The third-order valence-electron chi connectivity index (χ3n) is 3.80. The molecule has 0 radical (unpaired) electrons. The largest absolute Gasteiger partial charge is 0.396 e. The Morgan fingerprint density at radius 1 is 1.28 bits per heavy atom. The van der Waals surface area contributed by atoms with Gasteiger partial charge in [-0.15, -0.1) is 0 Å². The number of hydrogen-bond acceptors (Lipinski definition) is 4. The van der Waals surface area contributed by atoms with Crippen LogP contribution >= 0.6 is 0 Å². The lowest BCUT2D eigenvalue weighted by atomic mass is 9.92. The fourth-order valence-corrected chi connectivity index (χ4v) is 3.43. The summed E-state index contributed by atoms with van der Waals surface area (Å²) < 4.78 is 24.1. The molecule has 0 aromatic carbocycles. The zero-order valence-corrected chi connectivity index (χ0v) is 11.4. The number of hydrogen-bond donors (Lipinski definition) is 1. The summed E-state index contributed by atoms with van der Waals surface area (Å²) >= 11 is 0. The highest BCUT2D eigenvalue weighted by Gasteiger charge is 2.36. The van der Waals surface area contributed by atoms with Gasteiger partial charge in [-0.05, 0) is 12.8 Å². The molecule has 7 heteroatoms. The van der Waals surface area contributed by atoms with Gasteiger partial charge in [0.15, 0.2) is 0 Å². The maximum atomic E-state index is 12.1. The highest BCUT2D eigenvalue weighted by atomic mass is 32.2. The molecule has 2 saturated heterocycles. The van der Waals surface area contributed by atoms with E-state index in [4.69, 9.17) is 5.11 Å². The highest BCUT2D eigenvalue weighted by Crippen LogP contribution is 2.25. The maximum absolute atomic E-state index is 12.1. The van der Waals surface area contributed by atoms with Gasteiger partial charge in [-0.1, -0.05) is 0 Å². The molecule has 0 unspecified atom stereocenters. The molecule has 2 heterocycles. The van der Waals surface area contributed by atoms with Gasteiger partial charge in [-0.25, -0.2) is 12.7 Å². The molecule has 0 aromatic rings. The molecular weight excluding hydrogens is 256 g/mol. The topological polar surface area (TPSA) is 77.9 Å². The summed E-state index contributed by atoms with van der Waals surface area (Å²) in [6.07, 6.45) is 2.41. The average Bonchev–Trinajstić information content (AvgIpc) is 2.26. The van der Waals surface area contributed by atoms with Crippen molar-refractivity contribution in [2.45, 2.75) is 12.8 Å². The zero-order chi connectivity index (χ0) is 13.3. The number of aliphatic hydroxyl groups is 1. The molecule has 0 bridgehead atoms. The fraction of sp³-hybridized carbons (Fsp3) is 0.909. The summed E-state index contributed by atoms with van der Waals surface area (Å²) in [6.45, 7) is 2.29. The van der Waals surface area contributed by atoms with E-state index in [9.17, 15) is 13.2 Å². The number of aliphatic hydroxyl groups excluding tert-OH is 1. The quantitative estimate of drug-likeness (QED) is 0.725. The van der Waals surface area contributed by atoms with Crippen molar-refractivity contribution in [1.29, 1.82) is 0 Å². The van der Waals surface area contributed by atoms with Crippen LogP contribution in [0.15, 0.2) is 0 Å². The predicted molar refractivity (Wildman–Crippen MR) is 66.3 cm³/mol. The van der Waals surface area contributed by atoms with E-state index >= 15 is 0 Å². The van der Waals surface area contributed by atoms with E-state index in [0.29, 0.717) is 39.0 Å². The minimum atomic E-state index is -3.12. The van der Waals surface area contributed by atoms with Crippen LogP contribution in [0.3, 0.4) is 0 Å². The summed E-state index contributed by atoms with van der Waals surface area (Å²) in [5.41, 5.74) is 0. The number of piperidine rings is 1. The summed E-state index contributed by atoms with van der Waals surface area (Å²) in [6, 6.07) is 0. The van der Waals surface area contributed by atoms with Gasteiger partial charge in [0.1, 0.15) is 0 Å². The first-order chi connectivity index (χ1) is 8.41. The van der Waals surface area contributed by atoms with Crippen LogP contribution in [0, 0.1) is 11.8 Å². The van der Waals surface area contributed by atoms with Gasteiger partial charge in [0.05, 0.1) is 6.26 Å². The summed E-state index contributed by atoms with van der Waals surface area (Å²) in [5, 5.41) is 8.91. The van der Waals surface area contributed by atoms with Crippen molar-refractivity contribution >= 4 is 15.9 Å². The van der Waals surface area contributed by atoms with Crippen LogP contribution in [0.25, 0.3) is 0 Å². The van der Waals surface area contributed by atoms with Crippen molar-refractivity contribution in [2.75, 3.05) is 39.0 Å². The first-order valence-corrected chi connectivity index (χ1v) is 8.11. The number of rotatable bonds is 3. The van der Waals surface area contributed by atoms with E-state index in [1.165, 1.54) is 10.6 Å². The molecule has 104 valence electrons. The van der Waals surface area contributed by atoms with E-state index in [0.717, 1.165) is 0 Å². The molecule has 0 saturated carbocycles. The van der Waals surface area contributed by atoms with E-state index < -0.39 is 10.0 Å². The van der Waals surface area contributed by atoms with Crippen LogP contribution in [0.2, 0.25) is 0 Å². The first-order valence-electron chi connectivity index (χ1n) is 6.26. The number of nitrogens with zero attached hydrogens (tertiary/aromatic N) is 2. The van der Waals surface area contributed by atoms with Crippen molar-refractivity contribution in [3.63, 3.8) is 0 Å². The highest BCUT2D eigenvalue weighted by molar-refractivity contribution is 7.88. The lowest BCUT2D eigenvalue weighted by Gasteiger charge is -2.41. The smallest absolute Gasteiger partial charge is 0.225 e. The second-order valence-electron chi connectivity index (χ2n) is 5.23. The Balaban J connectivity index is 1.82. The third-order valence-corrected chi connectivity index (χ3v) is 5.10. The lowest BCUT2D eigenvalue weighted by molar-refractivity contribution is -0.144. The molecule has 2 aliphatic rings. The second-order valence-corrected chi connectivity index (χ2v) is 7.21. The van der Waals surface area contributed by atoms with Gasteiger partial charge in [-0.2, -0.15) is 0 Å². The van der Waals surface area contributed by atoms with E-state index in [1.807, 2.05) is 0 Å². The molecule has 2 rings (SSSR count). The molecule has 2 aliphatic heterocycles. The van der Waals surface area contributed by atoms with Crippen LogP contribution in [-0.2, 0) is 14.8 Å². The molecule has 0 spiro atoms. The summed E-state index contributed by atoms with van der Waals surface area (Å²) in [4.78, 5) is 13.8. The van der Waals surface area contributed by atoms with Crippen molar-refractivity contribution in [3.8, 4) is 0 Å². The Bertz CT molecular complexity index is 409. The van der Waals surface area contributed by atoms with Crippen LogP contribution < -0.4 is 0 Å². The van der Waals surface area contributed by atoms with Gasteiger partial charge in [0.25, 0.3) is 0 Å². The molecule has 18 heavy (non-hydrogen) atoms. The van der Waals surface area contributed by atoms with E-state index in [2.05, 4.69) is 0 Å². The fourth-order valence-electron chi connectivity index (χ4n) is 2.56. The van der Waals surface area contributed by atoms with Crippen molar-refractivity contribution in [3.05, 3.63) is 0 Å². The average molecular weight is 276 g/mol. The van der Waals surface area contributed by atoms with Gasteiger partial charge in [-0.3, -0.25) is 4.79 Å². The first kappa shape index (κ1) is 13.8. The van der Waals surface area contributed by atoms with Gasteiger partial charge in [0.2, 0.25) is 15.9 Å². The number of carbonyl (C=O) groups excluding carboxylic acids is 1. The Hall–Kier alpha value is -0.660. The SMILES string of the molecule is CS(=O)(=O)N1CCC(C(=O)N2CC(CO)C2)CC1. The summed E-state index contributed by atoms with van der Waals surface area (Å²) in [7, 11) is -3.12. The van der Waals surface area contributed by atoms with Crippen molar-refractivity contribution < 1.29 is 18.3 Å². The van der Waals surface area contributed by atoms with Crippen molar-refractivity contribution in [2.24, 2.45) is 11.8 Å². The zero-order valence-electron chi connectivity index (χ0n) is 10.6. The molecule has 1 N–H and O–H groups in total. The molecule has 6 nitrogen and oxygen atoms in total. The summed E-state index contributed by atoms with van der Waals surface area (Å²) in [5.74, 6) is 0.292. The normalized spacial score (nSPS) is 24.0. The van der Waals surface area contributed by atoms with Crippen LogP contribution in [0.1, 0.15) is 12.8 Å². The number of sulfonamides is 1. The Labute approximate surface area is 108 Å². The standard InChI is InChI=1S/C11H20N2O4S/c1-18(16,17)13-4-2-10(3-5-13)11(15)12-6-9(7-12)8-14/h9-10,14H,2-8H2,1H3. The Kier molecular flexibility index (Phi) is 3.93. The van der Waals surface area contributed by atoms with E-state index in [-0.39, 0.29) is 24.3 Å². The van der Waals surface area contributed by atoms with Gasteiger partial charge in [0, 0.05) is 44.6 Å². The Morgan fingerprint density at radius 2 is 1.83 bits per heavy atom. The third kappa shape index (κ3) is 2.84. The Morgan fingerprint density at radius 3 is 2.28 bits per heavy atom. The minimum absolute atomic E-state index is 0.0531. The monoisotopic (exact) mass is 276 g/mol. The number of amides is 1. The number of carbonyl (C=O) groups is 1. The predicted octanol–water partition coefficient (Wildman–Crippen LogP) is -0.891. The second kappa shape index (κ2) is 5.14. The van der Waals surface area contributed by atoms with Gasteiger partial charge < -0.3 is 10.0 Å². The van der Waals surface area contributed by atoms with Crippen molar-refractivity contribution in [1.82, 2.24) is 9.21 Å². The molecule has 2 fully saturated rings. The van der Waals surface area contributed by atoms with Crippen LogP contribution in [-0.4, -0.2) is 67.7 Å². The molecule has 0 aromatic heterocycles. The number of likely N-dealkylation sites (tertiary alicyclic amines) is 1. The molecule has 0 aliphatic carbocycles. The van der Waals surface area contributed by atoms with Crippen LogP contribution in [0.4, 0.5) is 0 Å². The van der Waals surface area contributed by atoms with Gasteiger partial charge >= 0.3 is 0 Å². The lowest BCUT2D eigenvalue weighted by Crippen LogP contribution is -2.54. The molecule has 1 amide bonds. The molecule has 0 atom stereocenters. The van der Waals surface area contributed by atoms with Crippen LogP contribution in [0.5, 0.6) is 0 Å². The molecular formula is C11H20N2O4S. The maximum Gasteiger partial charge on any atom is 0.225 e.